The van der Waals surface area contributed by atoms with Crippen molar-refractivity contribution in [3.63, 3.8) is 0 Å². The molecule has 0 saturated heterocycles. The number of rotatable bonds is 4. The Bertz CT molecular complexity index is 564. The highest BCUT2D eigenvalue weighted by Gasteiger charge is 2.32. The van der Waals surface area contributed by atoms with E-state index in [0.29, 0.717) is 12.1 Å². The largest absolute Gasteiger partial charge is 0.335 e. The van der Waals surface area contributed by atoms with Crippen LogP contribution in [0, 0.1) is 21.7 Å². The third kappa shape index (κ3) is 3.04. The topological polar surface area (TPSA) is 63.5 Å². The van der Waals surface area contributed by atoms with Gasteiger partial charge in [-0.05, 0) is 19.9 Å². The number of halogens is 3. The van der Waals surface area contributed by atoms with Gasteiger partial charge in [0, 0.05) is 12.9 Å². The Kier molecular flexibility index (Phi) is 4.65. The third-order valence-electron chi connectivity index (χ3n) is 3.01. The molecular weight excluding hydrogens is 294 g/mol. The van der Waals surface area contributed by atoms with E-state index in [2.05, 4.69) is 0 Å². The molecule has 1 rings (SSSR count). The molecule has 1 aromatic rings. The van der Waals surface area contributed by atoms with Crippen LogP contribution in [0.5, 0.6) is 0 Å². The van der Waals surface area contributed by atoms with Gasteiger partial charge in [0.15, 0.2) is 11.6 Å². The molecule has 0 fully saturated rings. The number of nitrogens with zero attached hydrogens (tertiary/aromatic N) is 2. The molecular formula is C12H13ClF2N2O3. The van der Waals surface area contributed by atoms with Gasteiger partial charge < -0.3 is 4.90 Å². The first-order valence-electron chi connectivity index (χ1n) is 5.59. The fourth-order valence-corrected chi connectivity index (χ4v) is 1.58. The Balaban J connectivity index is 3.35. The molecule has 1 aromatic carbocycles. The van der Waals surface area contributed by atoms with Crippen molar-refractivity contribution >= 4 is 23.2 Å². The standard InChI is InChI=1S/C12H13ClF2N2O3/c1-12(2,6-13)16(3)11(18)7-4-8(14)9(15)5-10(7)17(19)20/h4-5H,6H2,1-3H3. The van der Waals surface area contributed by atoms with Gasteiger partial charge in [0.2, 0.25) is 0 Å². The SMILES string of the molecule is CN(C(=O)c1cc(F)c(F)cc1[N+](=O)[O-])C(C)(C)CCl. The fraction of sp³-hybridized carbons (Fsp3) is 0.417. The van der Waals surface area contributed by atoms with Crippen molar-refractivity contribution in [2.24, 2.45) is 0 Å². The van der Waals surface area contributed by atoms with Gasteiger partial charge >= 0.3 is 0 Å². The van der Waals surface area contributed by atoms with Crippen molar-refractivity contribution in [3.8, 4) is 0 Å². The molecule has 0 atom stereocenters. The number of carbonyl (C=O) groups excluding carboxylic acids is 1. The van der Waals surface area contributed by atoms with E-state index >= 15 is 0 Å². The summed E-state index contributed by atoms with van der Waals surface area (Å²) < 4.78 is 26.3. The molecule has 0 saturated carbocycles. The summed E-state index contributed by atoms with van der Waals surface area (Å²) in [6.45, 7) is 3.28. The lowest BCUT2D eigenvalue weighted by Crippen LogP contribution is -2.46. The maximum absolute atomic E-state index is 13.2. The summed E-state index contributed by atoms with van der Waals surface area (Å²) in [6, 6.07) is 0.917. The average Bonchev–Trinajstić information content (AvgIpc) is 2.39. The number of amides is 1. The predicted octanol–water partition coefficient (Wildman–Crippen LogP) is 2.96. The van der Waals surface area contributed by atoms with Gasteiger partial charge in [-0.1, -0.05) is 0 Å². The highest BCUT2D eigenvalue weighted by Crippen LogP contribution is 2.26. The van der Waals surface area contributed by atoms with E-state index in [0.717, 1.165) is 4.90 Å². The zero-order chi connectivity index (χ0) is 15.7. The molecule has 20 heavy (non-hydrogen) atoms. The van der Waals surface area contributed by atoms with Crippen LogP contribution >= 0.6 is 11.6 Å². The van der Waals surface area contributed by atoms with Crippen LogP contribution in [0.3, 0.4) is 0 Å². The summed E-state index contributed by atoms with van der Waals surface area (Å²) in [4.78, 5) is 23.3. The fourth-order valence-electron chi connectivity index (χ4n) is 1.40. The summed E-state index contributed by atoms with van der Waals surface area (Å²) in [5.41, 5.74) is -2.10. The maximum atomic E-state index is 13.2. The molecule has 1 amide bonds. The molecule has 8 heteroatoms. The van der Waals surface area contributed by atoms with E-state index in [1.165, 1.54) is 7.05 Å². The van der Waals surface area contributed by atoms with Crippen molar-refractivity contribution in [1.29, 1.82) is 0 Å². The quantitative estimate of drug-likeness (QED) is 0.488. The zero-order valence-corrected chi connectivity index (χ0v) is 11.9. The average molecular weight is 307 g/mol. The Morgan fingerprint density at radius 1 is 1.40 bits per heavy atom. The molecule has 0 spiro atoms. The second kappa shape index (κ2) is 5.70. The molecule has 0 heterocycles. The lowest BCUT2D eigenvalue weighted by atomic mass is 10.0. The lowest BCUT2D eigenvalue weighted by Gasteiger charge is -2.33. The maximum Gasteiger partial charge on any atom is 0.285 e. The molecule has 0 N–H and O–H groups in total. The van der Waals surface area contributed by atoms with Crippen molar-refractivity contribution < 1.29 is 18.5 Å². The molecule has 0 bridgehead atoms. The molecule has 0 aliphatic rings. The first-order chi connectivity index (χ1) is 9.11. The van der Waals surface area contributed by atoms with Crippen LogP contribution in [0.4, 0.5) is 14.5 Å². The molecule has 0 aliphatic heterocycles. The zero-order valence-electron chi connectivity index (χ0n) is 11.1. The van der Waals surface area contributed by atoms with Gasteiger partial charge in [-0.3, -0.25) is 14.9 Å². The van der Waals surface area contributed by atoms with E-state index in [1.54, 1.807) is 13.8 Å². The molecule has 0 aliphatic carbocycles. The monoisotopic (exact) mass is 306 g/mol. The minimum absolute atomic E-state index is 0.0761. The second-order valence-corrected chi connectivity index (χ2v) is 5.12. The minimum Gasteiger partial charge on any atom is -0.335 e. The van der Waals surface area contributed by atoms with Crippen molar-refractivity contribution in [2.45, 2.75) is 19.4 Å². The summed E-state index contributed by atoms with van der Waals surface area (Å²) in [7, 11) is 1.38. The highest BCUT2D eigenvalue weighted by atomic mass is 35.5. The van der Waals surface area contributed by atoms with Crippen molar-refractivity contribution in [2.75, 3.05) is 12.9 Å². The summed E-state index contributed by atoms with van der Waals surface area (Å²) >= 11 is 5.72. The van der Waals surface area contributed by atoms with Crippen LogP contribution in [0.25, 0.3) is 0 Å². The normalized spacial score (nSPS) is 11.3. The minimum atomic E-state index is -1.38. The number of nitro groups is 1. The van der Waals surface area contributed by atoms with Crippen LogP contribution in [-0.2, 0) is 0 Å². The third-order valence-corrected chi connectivity index (χ3v) is 3.66. The molecule has 110 valence electrons. The Hall–Kier alpha value is -1.76. The van der Waals surface area contributed by atoms with Crippen LogP contribution in [-0.4, -0.2) is 34.2 Å². The van der Waals surface area contributed by atoms with Crippen LogP contribution in [0.15, 0.2) is 12.1 Å². The number of hydrogen-bond donors (Lipinski definition) is 0. The van der Waals surface area contributed by atoms with Gasteiger partial charge in [0.1, 0.15) is 5.56 Å². The van der Waals surface area contributed by atoms with E-state index in [1.807, 2.05) is 0 Å². The van der Waals surface area contributed by atoms with Gasteiger partial charge in [0.05, 0.1) is 16.5 Å². The summed E-state index contributed by atoms with van der Waals surface area (Å²) in [5, 5.41) is 10.9. The van der Waals surface area contributed by atoms with E-state index in [-0.39, 0.29) is 5.88 Å². The molecule has 0 aromatic heterocycles. The molecule has 5 nitrogen and oxygen atoms in total. The van der Waals surface area contributed by atoms with E-state index in [4.69, 9.17) is 11.6 Å². The summed E-state index contributed by atoms with van der Waals surface area (Å²) in [6.07, 6.45) is 0. The summed E-state index contributed by atoms with van der Waals surface area (Å²) in [5.74, 6) is -3.43. The number of hydrogen-bond acceptors (Lipinski definition) is 3. The van der Waals surface area contributed by atoms with Crippen molar-refractivity contribution in [1.82, 2.24) is 4.90 Å². The first kappa shape index (κ1) is 16.3. The number of benzene rings is 1. The van der Waals surface area contributed by atoms with E-state index in [9.17, 15) is 23.7 Å². The van der Waals surface area contributed by atoms with E-state index < -0.39 is 39.3 Å². The van der Waals surface area contributed by atoms with Crippen LogP contribution in [0.2, 0.25) is 0 Å². The van der Waals surface area contributed by atoms with Crippen LogP contribution in [0.1, 0.15) is 24.2 Å². The van der Waals surface area contributed by atoms with Gasteiger partial charge in [0.25, 0.3) is 11.6 Å². The molecule has 0 unspecified atom stereocenters. The van der Waals surface area contributed by atoms with Crippen LogP contribution < -0.4 is 0 Å². The Morgan fingerprint density at radius 2 is 1.90 bits per heavy atom. The lowest BCUT2D eigenvalue weighted by molar-refractivity contribution is -0.385. The predicted molar refractivity (Wildman–Crippen MR) is 69.9 cm³/mol. The van der Waals surface area contributed by atoms with Gasteiger partial charge in [-0.15, -0.1) is 11.6 Å². The Labute approximate surface area is 119 Å². The van der Waals surface area contributed by atoms with Gasteiger partial charge in [-0.2, -0.15) is 0 Å². The number of carbonyl (C=O) groups is 1. The highest BCUT2D eigenvalue weighted by molar-refractivity contribution is 6.18. The number of alkyl halides is 1. The Morgan fingerprint density at radius 3 is 2.35 bits per heavy atom. The first-order valence-corrected chi connectivity index (χ1v) is 6.13. The van der Waals surface area contributed by atoms with Gasteiger partial charge in [-0.25, -0.2) is 8.78 Å². The second-order valence-electron chi connectivity index (χ2n) is 4.85. The van der Waals surface area contributed by atoms with Crippen molar-refractivity contribution in [3.05, 3.63) is 39.4 Å². The molecule has 0 radical (unpaired) electrons. The smallest absolute Gasteiger partial charge is 0.285 e. The number of nitro benzene ring substituents is 1.